The van der Waals surface area contributed by atoms with Gasteiger partial charge in [-0.2, -0.15) is 0 Å². The Kier molecular flexibility index (Phi) is 5.94. The highest BCUT2D eigenvalue weighted by molar-refractivity contribution is 5.33. The van der Waals surface area contributed by atoms with Gasteiger partial charge in [0.1, 0.15) is 5.82 Å². The molecule has 1 N–H and O–H groups in total. The molecule has 0 bridgehead atoms. The third-order valence-electron chi connectivity index (χ3n) is 6.47. The van der Waals surface area contributed by atoms with Gasteiger partial charge in [0.25, 0.3) is 0 Å². The van der Waals surface area contributed by atoms with E-state index in [0.717, 1.165) is 18.8 Å². The van der Waals surface area contributed by atoms with Crippen molar-refractivity contribution in [3.63, 3.8) is 0 Å². The molecule has 0 unspecified atom stereocenters. The van der Waals surface area contributed by atoms with Gasteiger partial charge < -0.3 is 4.98 Å². The maximum Gasteiger partial charge on any atom is 0.106 e. The Morgan fingerprint density at radius 1 is 1.22 bits per heavy atom. The van der Waals surface area contributed by atoms with Crippen LogP contribution in [0.25, 0.3) is 0 Å². The van der Waals surface area contributed by atoms with E-state index in [1.54, 1.807) is 11.1 Å². The van der Waals surface area contributed by atoms with E-state index in [1.807, 2.05) is 6.20 Å². The van der Waals surface area contributed by atoms with Gasteiger partial charge in [-0.3, -0.25) is 9.80 Å². The van der Waals surface area contributed by atoms with Crippen molar-refractivity contribution in [3.8, 4) is 0 Å². The maximum atomic E-state index is 4.56. The molecule has 4 nitrogen and oxygen atoms in total. The van der Waals surface area contributed by atoms with Gasteiger partial charge in [0.05, 0.1) is 0 Å². The number of piperidine rings is 1. The molecular weight excluding hydrogens is 332 g/mol. The maximum absolute atomic E-state index is 4.56. The predicted octanol–water partition coefficient (Wildman–Crippen LogP) is 3.82. The highest BCUT2D eigenvalue weighted by atomic mass is 15.2. The first kappa shape index (κ1) is 18.7. The van der Waals surface area contributed by atoms with Gasteiger partial charge in [0.2, 0.25) is 0 Å². The van der Waals surface area contributed by atoms with E-state index in [2.05, 4.69) is 58.0 Å². The minimum atomic E-state index is 0.643. The van der Waals surface area contributed by atoms with Gasteiger partial charge >= 0.3 is 0 Å². The van der Waals surface area contributed by atoms with Crippen LogP contribution in [0.1, 0.15) is 55.3 Å². The smallest absolute Gasteiger partial charge is 0.106 e. The predicted molar refractivity (Wildman–Crippen MR) is 111 cm³/mol. The number of rotatable bonds is 7. The number of imidazole rings is 1. The lowest BCUT2D eigenvalue weighted by atomic mass is 10.0. The molecule has 2 aliphatic rings. The van der Waals surface area contributed by atoms with E-state index in [1.165, 1.54) is 57.3 Å². The highest BCUT2D eigenvalue weighted by Gasteiger charge is 2.31. The van der Waals surface area contributed by atoms with Crippen molar-refractivity contribution in [2.75, 3.05) is 20.1 Å². The van der Waals surface area contributed by atoms with Crippen LogP contribution in [0, 0.1) is 0 Å². The highest BCUT2D eigenvalue weighted by Crippen LogP contribution is 2.28. The number of nitrogens with one attached hydrogen (secondary N) is 1. The second-order valence-corrected chi connectivity index (χ2v) is 8.50. The third-order valence-corrected chi connectivity index (χ3v) is 6.47. The first-order chi connectivity index (χ1) is 13.2. The number of hydrogen-bond acceptors (Lipinski definition) is 3. The number of aromatic amines is 1. The standard InChI is InChI=1S/C23H34N4/c1-3-4-11-23-24-15-20(25-23)16-26(2)21-10-7-12-27(17-21)22-13-18-8-5-6-9-19(18)14-22/h5-6,8-9,15,21-22H,3-4,7,10-14,16-17H2,1-2H3,(H,24,25)/t21-/m0/s1. The van der Waals surface area contributed by atoms with Crippen molar-refractivity contribution >= 4 is 0 Å². The van der Waals surface area contributed by atoms with Crippen LogP contribution in [-0.4, -0.2) is 52.0 Å². The number of likely N-dealkylation sites (tertiary alicyclic amines) is 1. The number of likely N-dealkylation sites (N-methyl/N-ethyl adjacent to an activating group) is 1. The van der Waals surface area contributed by atoms with Gasteiger partial charge in [0, 0.05) is 43.5 Å². The molecule has 1 aliphatic heterocycles. The fraction of sp³-hybridized carbons (Fsp3) is 0.609. The normalized spacial score (nSPS) is 21.1. The molecule has 4 heteroatoms. The molecule has 4 rings (SSSR count). The van der Waals surface area contributed by atoms with Crippen molar-refractivity contribution in [2.45, 2.75) is 70.5 Å². The van der Waals surface area contributed by atoms with Crippen LogP contribution in [0.15, 0.2) is 30.5 Å². The lowest BCUT2D eigenvalue weighted by Crippen LogP contribution is -2.50. The largest absolute Gasteiger partial charge is 0.345 e. The molecule has 27 heavy (non-hydrogen) atoms. The van der Waals surface area contributed by atoms with E-state index in [-0.39, 0.29) is 0 Å². The Bertz CT molecular complexity index is 712. The number of benzene rings is 1. The van der Waals surface area contributed by atoms with Crippen molar-refractivity contribution < 1.29 is 0 Å². The molecule has 1 aromatic heterocycles. The number of aryl methyl sites for hydroxylation is 1. The first-order valence-corrected chi connectivity index (χ1v) is 10.8. The summed E-state index contributed by atoms with van der Waals surface area (Å²) < 4.78 is 0. The molecule has 0 spiro atoms. The molecule has 1 fully saturated rings. The number of nitrogens with zero attached hydrogens (tertiary/aromatic N) is 3. The van der Waals surface area contributed by atoms with Gasteiger partial charge in [-0.05, 0) is 56.8 Å². The van der Waals surface area contributed by atoms with E-state index >= 15 is 0 Å². The Hall–Kier alpha value is -1.65. The average molecular weight is 367 g/mol. The summed E-state index contributed by atoms with van der Waals surface area (Å²) in [6.07, 6.45) is 10.6. The van der Waals surface area contributed by atoms with Gasteiger partial charge in [-0.15, -0.1) is 0 Å². The second-order valence-electron chi connectivity index (χ2n) is 8.50. The van der Waals surface area contributed by atoms with Crippen LogP contribution in [0.5, 0.6) is 0 Å². The van der Waals surface area contributed by atoms with E-state index in [9.17, 15) is 0 Å². The molecule has 1 saturated heterocycles. The van der Waals surface area contributed by atoms with Gasteiger partial charge in [-0.1, -0.05) is 37.6 Å². The van der Waals surface area contributed by atoms with Crippen molar-refractivity contribution in [2.24, 2.45) is 0 Å². The SMILES string of the molecule is CCCCc1ncc(CN(C)[C@H]2CCCN(C3Cc4ccccc4C3)C2)[nH]1. The zero-order valence-electron chi connectivity index (χ0n) is 17.0. The molecule has 0 saturated carbocycles. The van der Waals surface area contributed by atoms with Gasteiger partial charge in [0.15, 0.2) is 0 Å². The summed E-state index contributed by atoms with van der Waals surface area (Å²) in [5.74, 6) is 1.15. The first-order valence-electron chi connectivity index (χ1n) is 10.8. The molecule has 2 aromatic rings. The van der Waals surface area contributed by atoms with Crippen molar-refractivity contribution in [3.05, 3.63) is 53.1 Å². The Balaban J connectivity index is 1.32. The third kappa shape index (κ3) is 4.44. The lowest BCUT2D eigenvalue weighted by Gasteiger charge is -2.40. The summed E-state index contributed by atoms with van der Waals surface area (Å²) >= 11 is 0. The van der Waals surface area contributed by atoms with Crippen LogP contribution in [0.2, 0.25) is 0 Å². The Morgan fingerprint density at radius 2 is 2.00 bits per heavy atom. The summed E-state index contributed by atoms with van der Waals surface area (Å²) in [6.45, 7) is 5.66. The number of H-pyrrole nitrogens is 1. The van der Waals surface area contributed by atoms with Crippen LogP contribution in [-0.2, 0) is 25.8 Å². The summed E-state index contributed by atoms with van der Waals surface area (Å²) in [6, 6.07) is 10.4. The number of unbranched alkanes of at least 4 members (excludes halogenated alkanes) is 1. The summed E-state index contributed by atoms with van der Waals surface area (Å²) in [5, 5.41) is 0. The van der Waals surface area contributed by atoms with E-state index in [0.29, 0.717) is 12.1 Å². The second kappa shape index (κ2) is 8.57. The number of fused-ring (bicyclic) bond motifs is 1. The number of aromatic nitrogens is 2. The van der Waals surface area contributed by atoms with Crippen LogP contribution < -0.4 is 0 Å². The van der Waals surface area contributed by atoms with E-state index < -0.39 is 0 Å². The Labute approximate surface area is 164 Å². The molecule has 2 heterocycles. The summed E-state index contributed by atoms with van der Waals surface area (Å²) in [4.78, 5) is 13.4. The molecule has 0 amide bonds. The Morgan fingerprint density at radius 3 is 2.74 bits per heavy atom. The molecule has 146 valence electrons. The quantitative estimate of drug-likeness (QED) is 0.809. The lowest BCUT2D eigenvalue weighted by molar-refractivity contribution is 0.0830. The van der Waals surface area contributed by atoms with Gasteiger partial charge in [-0.25, -0.2) is 4.98 Å². The zero-order chi connectivity index (χ0) is 18.6. The molecule has 0 radical (unpaired) electrons. The number of hydrogen-bond donors (Lipinski definition) is 1. The van der Waals surface area contributed by atoms with E-state index in [4.69, 9.17) is 0 Å². The summed E-state index contributed by atoms with van der Waals surface area (Å²) in [5.41, 5.74) is 4.39. The topological polar surface area (TPSA) is 35.2 Å². The minimum absolute atomic E-state index is 0.643. The molecular formula is C23H34N4. The van der Waals surface area contributed by atoms with Crippen LogP contribution >= 0.6 is 0 Å². The monoisotopic (exact) mass is 366 g/mol. The molecule has 1 aliphatic carbocycles. The van der Waals surface area contributed by atoms with Crippen molar-refractivity contribution in [1.82, 2.24) is 19.8 Å². The fourth-order valence-electron chi connectivity index (χ4n) is 4.82. The minimum Gasteiger partial charge on any atom is -0.345 e. The fourth-order valence-corrected chi connectivity index (χ4v) is 4.82. The van der Waals surface area contributed by atoms with Crippen LogP contribution in [0.4, 0.5) is 0 Å². The zero-order valence-corrected chi connectivity index (χ0v) is 17.0. The average Bonchev–Trinajstić information content (AvgIpc) is 3.33. The molecule has 1 aromatic carbocycles. The molecule has 1 atom stereocenters. The van der Waals surface area contributed by atoms with Crippen LogP contribution in [0.3, 0.4) is 0 Å². The van der Waals surface area contributed by atoms with Crippen molar-refractivity contribution in [1.29, 1.82) is 0 Å². The summed E-state index contributed by atoms with van der Waals surface area (Å²) in [7, 11) is 2.28.